The molecule has 0 aromatic carbocycles. The van der Waals surface area contributed by atoms with E-state index in [0.717, 1.165) is 25.2 Å². The summed E-state index contributed by atoms with van der Waals surface area (Å²) < 4.78 is 2.12. The van der Waals surface area contributed by atoms with Gasteiger partial charge in [0.2, 0.25) is 0 Å². The molecule has 0 saturated carbocycles. The third kappa shape index (κ3) is 3.34. The molecule has 0 spiro atoms. The number of hydrogen-bond acceptors (Lipinski definition) is 2. The Hall–Kier alpha value is -0.830. The van der Waals surface area contributed by atoms with Crippen LogP contribution in [0.25, 0.3) is 0 Å². The van der Waals surface area contributed by atoms with Gasteiger partial charge >= 0.3 is 0 Å². The van der Waals surface area contributed by atoms with Crippen LogP contribution in [0.4, 0.5) is 0 Å². The zero-order valence-electron chi connectivity index (χ0n) is 10.6. The van der Waals surface area contributed by atoms with Gasteiger partial charge in [0.25, 0.3) is 0 Å². The van der Waals surface area contributed by atoms with Gasteiger partial charge in [0, 0.05) is 18.3 Å². The van der Waals surface area contributed by atoms with Crippen molar-refractivity contribution in [2.24, 2.45) is 0 Å². The lowest BCUT2D eigenvalue weighted by atomic mass is 10.2. The molecule has 86 valence electrons. The summed E-state index contributed by atoms with van der Waals surface area (Å²) in [4.78, 5) is 0. The Labute approximate surface area is 92.9 Å². The first-order valence-corrected chi connectivity index (χ1v) is 5.76. The van der Waals surface area contributed by atoms with Gasteiger partial charge in [-0.1, -0.05) is 13.8 Å². The molecule has 0 unspecified atom stereocenters. The van der Waals surface area contributed by atoms with Crippen molar-refractivity contribution in [3.63, 3.8) is 0 Å². The van der Waals surface area contributed by atoms with Crippen LogP contribution in [0, 0.1) is 20.8 Å². The van der Waals surface area contributed by atoms with E-state index in [0.29, 0.717) is 6.04 Å². The second-order valence-electron chi connectivity index (χ2n) is 4.48. The quantitative estimate of drug-likeness (QED) is 0.753. The molecule has 1 aromatic rings. The molecule has 0 aliphatic carbocycles. The predicted octanol–water partition coefficient (Wildman–Crippen LogP) is 2.20. The highest BCUT2D eigenvalue weighted by atomic mass is 15.3. The normalized spacial score (nSPS) is 11.3. The van der Waals surface area contributed by atoms with Gasteiger partial charge in [-0.15, -0.1) is 0 Å². The summed E-state index contributed by atoms with van der Waals surface area (Å²) >= 11 is 0. The molecule has 15 heavy (non-hydrogen) atoms. The molecule has 3 heteroatoms. The maximum atomic E-state index is 4.52. The molecule has 0 radical (unpaired) electrons. The average Bonchev–Trinajstić information content (AvgIpc) is 2.41. The lowest BCUT2D eigenvalue weighted by Crippen LogP contribution is -2.24. The van der Waals surface area contributed by atoms with Gasteiger partial charge in [0.15, 0.2) is 0 Å². The van der Waals surface area contributed by atoms with Crippen LogP contribution in [0.2, 0.25) is 0 Å². The SMILES string of the molecule is Cc1nn(CCCNC(C)C)c(C)c1C. The van der Waals surface area contributed by atoms with E-state index in [9.17, 15) is 0 Å². The van der Waals surface area contributed by atoms with Crippen molar-refractivity contribution in [2.45, 2.75) is 53.6 Å². The van der Waals surface area contributed by atoms with Crippen molar-refractivity contribution in [3.05, 3.63) is 17.0 Å². The van der Waals surface area contributed by atoms with Gasteiger partial charge in [0.1, 0.15) is 0 Å². The third-order valence-electron chi connectivity index (χ3n) is 2.84. The van der Waals surface area contributed by atoms with E-state index in [2.05, 4.69) is 49.7 Å². The van der Waals surface area contributed by atoms with Gasteiger partial charge in [-0.3, -0.25) is 4.68 Å². The lowest BCUT2D eigenvalue weighted by molar-refractivity contribution is 0.506. The zero-order valence-corrected chi connectivity index (χ0v) is 10.6. The molecule has 1 heterocycles. The Kier molecular flexibility index (Phi) is 4.33. The topological polar surface area (TPSA) is 29.9 Å². The summed E-state index contributed by atoms with van der Waals surface area (Å²) in [5, 5.41) is 7.93. The Balaban J connectivity index is 2.41. The van der Waals surface area contributed by atoms with Crippen LogP contribution in [0.3, 0.4) is 0 Å². The van der Waals surface area contributed by atoms with E-state index in [4.69, 9.17) is 0 Å². The number of nitrogens with zero attached hydrogens (tertiary/aromatic N) is 2. The van der Waals surface area contributed by atoms with Crippen molar-refractivity contribution in [2.75, 3.05) is 6.54 Å². The van der Waals surface area contributed by atoms with Gasteiger partial charge in [-0.2, -0.15) is 5.10 Å². The fraction of sp³-hybridized carbons (Fsp3) is 0.750. The fourth-order valence-electron chi connectivity index (χ4n) is 1.62. The van der Waals surface area contributed by atoms with Crippen molar-refractivity contribution in [1.29, 1.82) is 0 Å². The minimum absolute atomic E-state index is 0.576. The minimum Gasteiger partial charge on any atom is -0.314 e. The van der Waals surface area contributed by atoms with Gasteiger partial charge in [-0.25, -0.2) is 0 Å². The average molecular weight is 209 g/mol. The molecule has 0 bridgehead atoms. The fourth-order valence-corrected chi connectivity index (χ4v) is 1.62. The largest absolute Gasteiger partial charge is 0.314 e. The molecular formula is C12H23N3. The molecule has 0 fully saturated rings. The van der Waals surface area contributed by atoms with Crippen LogP contribution in [-0.4, -0.2) is 22.4 Å². The summed E-state index contributed by atoms with van der Waals surface area (Å²) in [7, 11) is 0. The highest BCUT2D eigenvalue weighted by Gasteiger charge is 2.06. The first-order valence-electron chi connectivity index (χ1n) is 5.76. The predicted molar refractivity (Wildman–Crippen MR) is 64.2 cm³/mol. The van der Waals surface area contributed by atoms with Crippen LogP contribution in [-0.2, 0) is 6.54 Å². The third-order valence-corrected chi connectivity index (χ3v) is 2.84. The van der Waals surface area contributed by atoms with Crippen molar-refractivity contribution < 1.29 is 0 Å². The second kappa shape index (κ2) is 5.31. The standard InChI is InChI=1S/C12H23N3/c1-9(2)13-7-6-8-15-12(5)10(3)11(4)14-15/h9,13H,6-8H2,1-5H3. The van der Waals surface area contributed by atoms with E-state index in [1.165, 1.54) is 11.3 Å². The summed E-state index contributed by atoms with van der Waals surface area (Å²) in [5.74, 6) is 0. The summed E-state index contributed by atoms with van der Waals surface area (Å²) in [6, 6.07) is 0.576. The van der Waals surface area contributed by atoms with Crippen LogP contribution < -0.4 is 5.32 Å². The summed E-state index contributed by atoms with van der Waals surface area (Å²) in [6.07, 6.45) is 1.14. The Morgan fingerprint density at radius 3 is 2.40 bits per heavy atom. The summed E-state index contributed by atoms with van der Waals surface area (Å²) in [6.45, 7) is 12.8. The molecular weight excluding hydrogens is 186 g/mol. The maximum Gasteiger partial charge on any atom is 0.0625 e. The van der Waals surface area contributed by atoms with Crippen molar-refractivity contribution in [1.82, 2.24) is 15.1 Å². The summed E-state index contributed by atoms with van der Waals surface area (Å²) in [5.41, 5.74) is 3.79. The zero-order chi connectivity index (χ0) is 11.4. The lowest BCUT2D eigenvalue weighted by Gasteiger charge is -2.08. The van der Waals surface area contributed by atoms with Crippen LogP contribution in [0.1, 0.15) is 37.2 Å². The molecule has 3 nitrogen and oxygen atoms in total. The smallest absolute Gasteiger partial charge is 0.0625 e. The van der Waals surface area contributed by atoms with Crippen LogP contribution in [0.5, 0.6) is 0 Å². The van der Waals surface area contributed by atoms with E-state index >= 15 is 0 Å². The van der Waals surface area contributed by atoms with Crippen molar-refractivity contribution >= 4 is 0 Å². The number of aromatic nitrogens is 2. The van der Waals surface area contributed by atoms with Crippen LogP contribution in [0.15, 0.2) is 0 Å². The number of hydrogen-bond donors (Lipinski definition) is 1. The number of nitrogens with one attached hydrogen (secondary N) is 1. The minimum atomic E-state index is 0.576. The molecule has 0 aliphatic heterocycles. The van der Waals surface area contributed by atoms with Gasteiger partial charge in [-0.05, 0) is 39.3 Å². The number of rotatable bonds is 5. The second-order valence-corrected chi connectivity index (χ2v) is 4.48. The van der Waals surface area contributed by atoms with E-state index < -0.39 is 0 Å². The number of aryl methyl sites for hydroxylation is 2. The highest BCUT2D eigenvalue weighted by Crippen LogP contribution is 2.10. The van der Waals surface area contributed by atoms with Crippen molar-refractivity contribution in [3.8, 4) is 0 Å². The molecule has 1 aromatic heterocycles. The highest BCUT2D eigenvalue weighted by molar-refractivity contribution is 5.21. The van der Waals surface area contributed by atoms with Crippen LogP contribution >= 0.6 is 0 Å². The Morgan fingerprint density at radius 1 is 1.27 bits per heavy atom. The molecule has 0 atom stereocenters. The molecule has 0 saturated heterocycles. The monoisotopic (exact) mass is 209 g/mol. The van der Waals surface area contributed by atoms with E-state index in [1.54, 1.807) is 0 Å². The Morgan fingerprint density at radius 2 is 1.93 bits per heavy atom. The molecule has 1 N–H and O–H groups in total. The first-order chi connectivity index (χ1) is 7.02. The van der Waals surface area contributed by atoms with E-state index in [1.807, 2.05) is 0 Å². The molecule has 0 aliphatic rings. The van der Waals surface area contributed by atoms with Gasteiger partial charge < -0.3 is 5.32 Å². The first kappa shape index (κ1) is 12.2. The van der Waals surface area contributed by atoms with Gasteiger partial charge in [0.05, 0.1) is 5.69 Å². The Bertz CT molecular complexity index is 313. The molecule has 1 rings (SSSR count). The molecule has 0 amide bonds. The maximum absolute atomic E-state index is 4.52. The van der Waals surface area contributed by atoms with E-state index in [-0.39, 0.29) is 0 Å².